The van der Waals surface area contributed by atoms with Gasteiger partial charge in [-0.25, -0.2) is 5.43 Å². The van der Waals surface area contributed by atoms with E-state index in [1.807, 2.05) is 18.2 Å². The number of hydrogen-bond donors (Lipinski definition) is 3. The minimum absolute atomic E-state index is 0.582. The van der Waals surface area contributed by atoms with Crippen molar-refractivity contribution in [1.82, 2.24) is 21.1 Å². The van der Waals surface area contributed by atoms with E-state index in [-0.39, 0.29) is 0 Å². The molecule has 1 aromatic rings. The number of allylic oxidation sites excluding steroid dienone is 1. The fourth-order valence-corrected chi connectivity index (χ4v) is 3.43. The summed E-state index contributed by atoms with van der Waals surface area (Å²) in [7, 11) is 1.69. The second kappa shape index (κ2) is 11.6. The van der Waals surface area contributed by atoms with Crippen LogP contribution in [0.15, 0.2) is 30.0 Å². The van der Waals surface area contributed by atoms with Gasteiger partial charge in [0.15, 0.2) is 5.11 Å². The summed E-state index contributed by atoms with van der Waals surface area (Å²) in [6, 6.07) is 5.63. The zero-order valence-electron chi connectivity index (χ0n) is 15.0. The molecule has 1 aliphatic heterocycles. The van der Waals surface area contributed by atoms with Crippen LogP contribution in [-0.4, -0.2) is 43.4 Å². The first kappa shape index (κ1) is 21.3. The number of nitrogens with zero attached hydrogens (tertiary/aromatic N) is 1. The summed E-state index contributed by atoms with van der Waals surface area (Å²) in [5, 5.41) is 5.12. The van der Waals surface area contributed by atoms with E-state index in [0.717, 1.165) is 44.5 Å². The third-order valence-corrected chi connectivity index (χ3v) is 5.07. The molecular formula is C18H26Cl2N4OS. The monoisotopic (exact) mass is 416 g/mol. The van der Waals surface area contributed by atoms with Crippen LogP contribution in [0.5, 0.6) is 0 Å². The molecule has 0 aromatic heterocycles. The highest BCUT2D eigenvalue weighted by molar-refractivity contribution is 7.80. The second-order valence-corrected chi connectivity index (χ2v) is 7.26. The molecule has 0 spiro atoms. The van der Waals surface area contributed by atoms with E-state index in [1.165, 1.54) is 5.70 Å². The molecule has 1 heterocycles. The lowest BCUT2D eigenvalue weighted by Crippen LogP contribution is -2.46. The Hall–Kier alpha value is -1.05. The van der Waals surface area contributed by atoms with Gasteiger partial charge < -0.3 is 15.0 Å². The van der Waals surface area contributed by atoms with Crippen molar-refractivity contribution in [3.8, 4) is 0 Å². The van der Waals surface area contributed by atoms with Gasteiger partial charge in [-0.3, -0.25) is 5.43 Å². The van der Waals surface area contributed by atoms with Gasteiger partial charge in [0, 0.05) is 54.7 Å². The predicted octanol–water partition coefficient (Wildman–Crippen LogP) is 3.48. The van der Waals surface area contributed by atoms with E-state index in [9.17, 15) is 0 Å². The fourth-order valence-electron chi connectivity index (χ4n) is 2.74. The number of halogens is 2. The SMILES string of the molecule is COCCCNC(=S)NNCC1=CCCCN1Cc1c(Cl)cccc1Cl. The average molecular weight is 417 g/mol. The lowest BCUT2D eigenvalue weighted by atomic mass is 10.1. The summed E-state index contributed by atoms with van der Waals surface area (Å²) in [6.45, 7) is 3.85. The van der Waals surface area contributed by atoms with E-state index >= 15 is 0 Å². The molecule has 8 heteroatoms. The normalized spacial score (nSPS) is 14.1. The van der Waals surface area contributed by atoms with Crippen molar-refractivity contribution >= 4 is 40.5 Å². The smallest absolute Gasteiger partial charge is 0.180 e. The Balaban J connectivity index is 1.81. The van der Waals surface area contributed by atoms with Gasteiger partial charge in [-0.2, -0.15) is 0 Å². The van der Waals surface area contributed by atoms with Gasteiger partial charge in [0.05, 0.1) is 6.54 Å². The largest absolute Gasteiger partial charge is 0.385 e. The Morgan fingerprint density at radius 1 is 1.31 bits per heavy atom. The summed E-state index contributed by atoms with van der Waals surface area (Å²) >= 11 is 17.9. The molecule has 26 heavy (non-hydrogen) atoms. The van der Waals surface area contributed by atoms with Crippen LogP contribution >= 0.6 is 35.4 Å². The molecule has 0 amide bonds. The van der Waals surface area contributed by atoms with Crippen LogP contribution in [0.2, 0.25) is 10.0 Å². The Morgan fingerprint density at radius 2 is 2.08 bits per heavy atom. The number of thiocarbonyl (C=S) groups is 1. The molecule has 0 aliphatic carbocycles. The summed E-state index contributed by atoms with van der Waals surface area (Å²) in [4.78, 5) is 2.31. The molecule has 0 saturated heterocycles. The van der Waals surface area contributed by atoms with Crippen molar-refractivity contribution in [2.75, 3.05) is 33.4 Å². The highest BCUT2D eigenvalue weighted by atomic mass is 35.5. The fraction of sp³-hybridized carbons (Fsp3) is 0.500. The highest BCUT2D eigenvalue weighted by Gasteiger charge is 2.16. The van der Waals surface area contributed by atoms with E-state index in [0.29, 0.717) is 28.2 Å². The van der Waals surface area contributed by atoms with Crippen LogP contribution in [-0.2, 0) is 11.3 Å². The number of hydrazine groups is 1. The highest BCUT2D eigenvalue weighted by Crippen LogP contribution is 2.28. The number of rotatable bonds is 9. The molecule has 0 atom stereocenters. The average Bonchev–Trinajstić information content (AvgIpc) is 2.63. The molecule has 0 unspecified atom stereocenters. The van der Waals surface area contributed by atoms with Gasteiger partial charge in [-0.15, -0.1) is 0 Å². The standard InChI is InChI=1S/C18H26Cl2N4OS/c1-25-11-5-9-21-18(26)23-22-12-14-6-2-3-10-24(14)13-15-16(19)7-4-8-17(15)20/h4,6-8,22H,2-3,5,9-13H2,1H3,(H2,21,23,26). The topological polar surface area (TPSA) is 48.6 Å². The maximum absolute atomic E-state index is 6.32. The van der Waals surface area contributed by atoms with E-state index in [1.54, 1.807) is 7.11 Å². The van der Waals surface area contributed by atoms with Crippen LogP contribution in [0.1, 0.15) is 24.8 Å². The molecule has 0 saturated carbocycles. The lowest BCUT2D eigenvalue weighted by molar-refractivity contribution is 0.195. The maximum Gasteiger partial charge on any atom is 0.180 e. The minimum atomic E-state index is 0.582. The van der Waals surface area contributed by atoms with E-state index in [4.69, 9.17) is 40.2 Å². The first-order valence-corrected chi connectivity index (χ1v) is 9.90. The predicted molar refractivity (Wildman–Crippen MR) is 112 cm³/mol. The van der Waals surface area contributed by atoms with Crippen molar-refractivity contribution in [2.45, 2.75) is 25.8 Å². The van der Waals surface area contributed by atoms with Crippen molar-refractivity contribution in [3.05, 3.63) is 45.6 Å². The van der Waals surface area contributed by atoms with Crippen LogP contribution in [0.4, 0.5) is 0 Å². The summed E-state index contributed by atoms with van der Waals surface area (Å²) in [5.74, 6) is 0. The van der Waals surface area contributed by atoms with Gasteiger partial charge >= 0.3 is 0 Å². The van der Waals surface area contributed by atoms with Crippen LogP contribution in [0.3, 0.4) is 0 Å². The number of methoxy groups -OCH3 is 1. The maximum atomic E-state index is 6.32. The summed E-state index contributed by atoms with van der Waals surface area (Å²) in [5.41, 5.74) is 8.38. The Bertz CT molecular complexity index is 607. The Kier molecular flexibility index (Phi) is 9.50. The molecule has 144 valence electrons. The van der Waals surface area contributed by atoms with Gasteiger partial charge in [0.1, 0.15) is 0 Å². The number of hydrogen-bond acceptors (Lipinski definition) is 4. The molecule has 5 nitrogen and oxygen atoms in total. The minimum Gasteiger partial charge on any atom is -0.385 e. The summed E-state index contributed by atoms with van der Waals surface area (Å²) < 4.78 is 5.01. The van der Waals surface area contributed by atoms with Gasteiger partial charge in [0.2, 0.25) is 0 Å². The molecule has 1 aromatic carbocycles. The van der Waals surface area contributed by atoms with Crippen molar-refractivity contribution < 1.29 is 4.74 Å². The first-order valence-electron chi connectivity index (χ1n) is 8.74. The van der Waals surface area contributed by atoms with Gasteiger partial charge in [-0.1, -0.05) is 35.3 Å². The lowest BCUT2D eigenvalue weighted by Gasteiger charge is -2.31. The molecular weight excluding hydrogens is 391 g/mol. The van der Waals surface area contributed by atoms with E-state index in [2.05, 4.69) is 27.1 Å². The third kappa shape index (κ3) is 6.93. The zero-order chi connectivity index (χ0) is 18.8. The second-order valence-electron chi connectivity index (χ2n) is 6.04. The first-order chi connectivity index (χ1) is 12.6. The van der Waals surface area contributed by atoms with Crippen molar-refractivity contribution in [2.24, 2.45) is 0 Å². The van der Waals surface area contributed by atoms with Crippen molar-refractivity contribution in [3.63, 3.8) is 0 Å². The Labute approximate surface area is 171 Å². The molecule has 3 N–H and O–H groups in total. The molecule has 1 aliphatic rings. The van der Waals surface area contributed by atoms with Gasteiger partial charge in [0.25, 0.3) is 0 Å². The van der Waals surface area contributed by atoms with Crippen molar-refractivity contribution in [1.29, 1.82) is 0 Å². The molecule has 0 radical (unpaired) electrons. The number of benzene rings is 1. The van der Waals surface area contributed by atoms with Gasteiger partial charge in [-0.05, 0) is 43.6 Å². The number of ether oxygens (including phenoxy) is 1. The van der Waals surface area contributed by atoms with Crippen LogP contribution < -0.4 is 16.2 Å². The van der Waals surface area contributed by atoms with Crippen LogP contribution in [0, 0.1) is 0 Å². The zero-order valence-corrected chi connectivity index (χ0v) is 17.3. The van der Waals surface area contributed by atoms with E-state index < -0.39 is 0 Å². The Morgan fingerprint density at radius 3 is 2.81 bits per heavy atom. The third-order valence-electron chi connectivity index (χ3n) is 4.11. The molecule has 2 rings (SSSR count). The number of nitrogens with one attached hydrogen (secondary N) is 3. The molecule has 0 bridgehead atoms. The summed E-state index contributed by atoms with van der Waals surface area (Å²) in [6.07, 6.45) is 5.36. The van der Waals surface area contributed by atoms with Crippen LogP contribution in [0.25, 0.3) is 0 Å². The molecule has 0 fully saturated rings. The quantitative estimate of drug-likeness (QED) is 0.325.